The smallest absolute Gasteiger partial charge is 0.166 e. The first-order valence-corrected chi connectivity index (χ1v) is 12.2. The fourth-order valence-electron chi connectivity index (χ4n) is 4.45. The topological polar surface area (TPSA) is 18.5 Å². The van der Waals surface area contributed by atoms with E-state index in [0.717, 1.165) is 31.2 Å². The fourth-order valence-corrected chi connectivity index (χ4v) is 4.45. The van der Waals surface area contributed by atoms with Crippen molar-refractivity contribution in [3.8, 4) is 22.3 Å². The summed E-state index contributed by atoms with van der Waals surface area (Å²) in [5.41, 5.74) is 3.23. The lowest BCUT2D eigenvalue weighted by Gasteiger charge is -2.29. The van der Waals surface area contributed by atoms with E-state index in [0.29, 0.717) is 41.9 Å². The fraction of sp³-hybridized carbons (Fsp3) is 0.333. The molecule has 3 aromatic rings. The van der Waals surface area contributed by atoms with Gasteiger partial charge in [-0.25, -0.2) is 13.2 Å². The summed E-state index contributed by atoms with van der Waals surface area (Å²) in [6, 6.07) is 15.4. The number of hydrogen-bond acceptors (Lipinski definition) is 2. The first-order chi connectivity index (χ1) is 17.0. The molecule has 0 saturated carbocycles. The Morgan fingerprint density at radius 1 is 0.886 bits per heavy atom. The van der Waals surface area contributed by atoms with Crippen LogP contribution in [0.25, 0.3) is 22.3 Å². The zero-order valence-corrected chi connectivity index (χ0v) is 20.0. The van der Waals surface area contributed by atoms with Gasteiger partial charge in [-0.05, 0) is 59.6 Å². The van der Waals surface area contributed by atoms with Crippen LogP contribution in [0.2, 0.25) is 0 Å². The maximum atomic E-state index is 14.9. The zero-order valence-electron chi connectivity index (χ0n) is 20.0. The van der Waals surface area contributed by atoms with Gasteiger partial charge >= 0.3 is 0 Å². The molecule has 0 amide bonds. The molecule has 1 saturated heterocycles. The van der Waals surface area contributed by atoms with Crippen LogP contribution in [0.5, 0.6) is 0 Å². The predicted molar refractivity (Wildman–Crippen MR) is 134 cm³/mol. The number of rotatable bonds is 9. The molecule has 3 aromatic carbocycles. The van der Waals surface area contributed by atoms with Crippen molar-refractivity contribution in [1.82, 2.24) is 0 Å². The molecule has 0 radical (unpaired) electrons. The van der Waals surface area contributed by atoms with E-state index >= 15 is 0 Å². The normalized spacial score (nSPS) is 17.9. The Morgan fingerprint density at radius 3 is 2.23 bits per heavy atom. The third kappa shape index (κ3) is 5.85. The number of halogens is 3. The molecule has 1 heterocycles. The van der Waals surface area contributed by atoms with Gasteiger partial charge in [0.25, 0.3) is 0 Å². The molecule has 0 bridgehead atoms. The van der Waals surface area contributed by atoms with E-state index in [1.807, 2.05) is 6.07 Å². The first kappa shape index (κ1) is 25.2. The summed E-state index contributed by atoms with van der Waals surface area (Å²) in [7, 11) is 0. The molecule has 1 aliphatic heterocycles. The molecular weight excluding hydrogens is 449 g/mol. The predicted octanol–water partition coefficient (Wildman–Crippen LogP) is 8.20. The Morgan fingerprint density at radius 2 is 1.57 bits per heavy atom. The van der Waals surface area contributed by atoms with Crippen molar-refractivity contribution in [3.63, 3.8) is 0 Å². The third-order valence-corrected chi connectivity index (χ3v) is 6.48. The Kier molecular flexibility index (Phi) is 8.42. The van der Waals surface area contributed by atoms with Crippen LogP contribution in [0, 0.1) is 17.5 Å². The summed E-state index contributed by atoms with van der Waals surface area (Å²) in [6.45, 7) is 6.60. The molecule has 1 fully saturated rings. The molecule has 0 N–H and O–H groups in total. The molecule has 35 heavy (non-hydrogen) atoms. The van der Waals surface area contributed by atoms with Crippen LogP contribution in [0.1, 0.15) is 49.7 Å². The van der Waals surface area contributed by atoms with Gasteiger partial charge in [-0.2, -0.15) is 0 Å². The summed E-state index contributed by atoms with van der Waals surface area (Å²) in [6.07, 6.45) is 5.32. The summed E-state index contributed by atoms with van der Waals surface area (Å²) >= 11 is 0. The van der Waals surface area contributed by atoms with E-state index in [1.165, 1.54) is 6.07 Å². The number of ether oxygens (including phenoxy) is 2. The first-order valence-electron chi connectivity index (χ1n) is 12.2. The minimum Gasteiger partial charge on any atom is -0.352 e. The number of allylic oxidation sites excluding steroid dienone is 1. The molecule has 4 rings (SSSR count). The third-order valence-electron chi connectivity index (χ3n) is 6.48. The molecule has 2 nitrogen and oxygen atoms in total. The van der Waals surface area contributed by atoms with Crippen LogP contribution < -0.4 is 0 Å². The number of benzene rings is 3. The van der Waals surface area contributed by atoms with Crippen molar-refractivity contribution in [2.24, 2.45) is 0 Å². The number of unbranched alkanes of at least 4 members (excludes halogenated alkanes) is 1. The van der Waals surface area contributed by atoms with Crippen LogP contribution in [-0.2, 0) is 15.9 Å². The maximum Gasteiger partial charge on any atom is 0.166 e. The van der Waals surface area contributed by atoms with Gasteiger partial charge in [0, 0.05) is 11.5 Å². The van der Waals surface area contributed by atoms with Crippen molar-refractivity contribution in [2.75, 3.05) is 13.2 Å². The van der Waals surface area contributed by atoms with E-state index in [4.69, 9.17) is 9.47 Å². The number of aryl methyl sites for hydroxylation is 1. The van der Waals surface area contributed by atoms with Crippen molar-refractivity contribution in [3.05, 3.63) is 95.8 Å². The van der Waals surface area contributed by atoms with Crippen LogP contribution >= 0.6 is 0 Å². The highest BCUT2D eigenvalue weighted by molar-refractivity contribution is 5.71. The van der Waals surface area contributed by atoms with Crippen molar-refractivity contribution in [1.29, 1.82) is 0 Å². The summed E-state index contributed by atoms with van der Waals surface area (Å²) in [4.78, 5) is 0. The van der Waals surface area contributed by atoms with Gasteiger partial charge in [0.1, 0.15) is 5.82 Å². The summed E-state index contributed by atoms with van der Waals surface area (Å²) in [5.74, 6) is -2.10. The molecule has 184 valence electrons. The number of hydrogen-bond donors (Lipinski definition) is 0. The van der Waals surface area contributed by atoms with Gasteiger partial charge in [-0.3, -0.25) is 0 Å². The van der Waals surface area contributed by atoms with Crippen molar-refractivity contribution < 1.29 is 22.6 Å². The minimum atomic E-state index is -0.845. The lowest BCUT2D eigenvalue weighted by atomic mass is 9.94. The largest absolute Gasteiger partial charge is 0.352 e. The Bertz CT molecular complexity index is 1150. The molecule has 0 aliphatic carbocycles. The van der Waals surface area contributed by atoms with Gasteiger partial charge in [-0.15, -0.1) is 6.58 Å². The highest BCUT2D eigenvalue weighted by Gasteiger charge is 2.25. The quantitative estimate of drug-likeness (QED) is 0.227. The Balaban J connectivity index is 1.48. The van der Waals surface area contributed by atoms with Crippen molar-refractivity contribution in [2.45, 2.75) is 51.2 Å². The SMILES string of the molecule is C=CCCCc1ccc(-c2ccc(-c3ccc(C4COC(CCC)OC4)c(F)c3)cc2)c(F)c1F. The maximum absolute atomic E-state index is 14.9. The van der Waals surface area contributed by atoms with E-state index in [1.54, 1.807) is 48.5 Å². The van der Waals surface area contributed by atoms with E-state index in [9.17, 15) is 13.2 Å². The molecular formula is C30H31F3O2. The summed E-state index contributed by atoms with van der Waals surface area (Å²) < 4.78 is 55.7. The zero-order chi connectivity index (χ0) is 24.8. The Labute approximate surface area is 205 Å². The monoisotopic (exact) mass is 480 g/mol. The minimum absolute atomic E-state index is 0.142. The second-order valence-electron chi connectivity index (χ2n) is 8.98. The van der Waals surface area contributed by atoms with Gasteiger partial charge in [0.15, 0.2) is 17.9 Å². The second kappa shape index (κ2) is 11.7. The molecule has 0 atom stereocenters. The van der Waals surface area contributed by atoms with Crippen LogP contribution in [0.4, 0.5) is 13.2 Å². The van der Waals surface area contributed by atoms with Crippen molar-refractivity contribution >= 4 is 0 Å². The van der Waals surface area contributed by atoms with Gasteiger partial charge in [-0.1, -0.05) is 68.0 Å². The Hall–Kier alpha value is -2.89. The highest BCUT2D eigenvalue weighted by atomic mass is 19.2. The average molecular weight is 481 g/mol. The second-order valence-corrected chi connectivity index (χ2v) is 8.98. The molecule has 1 aliphatic rings. The van der Waals surface area contributed by atoms with Gasteiger partial charge < -0.3 is 9.47 Å². The molecule has 0 spiro atoms. The average Bonchev–Trinajstić information content (AvgIpc) is 2.88. The van der Waals surface area contributed by atoms with Crippen LogP contribution in [0.3, 0.4) is 0 Å². The lowest BCUT2D eigenvalue weighted by molar-refractivity contribution is -0.190. The van der Waals surface area contributed by atoms with Crippen LogP contribution in [-0.4, -0.2) is 19.5 Å². The van der Waals surface area contributed by atoms with Crippen LogP contribution in [0.15, 0.2) is 67.3 Å². The van der Waals surface area contributed by atoms with Gasteiger partial charge in [0.2, 0.25) is 0 Å². The lowest BCUT2D eigenvalue weighted by Crippen LogP contribution is -2.31. The van der Waals surface area contributed by atoms with Gasteiger partial charge in [0.05, 0.1) is 13.2 Å². The van der Waals surface area contributed by atoms with E-state index < -0.39 is 11.6 Å². The van der Waals surface area contributed by atoms with E-state index in [-0.39, 0.29) is 23.6 Å². The van der Waals surface area contributed by atoms with E-state index in [2.05, 4.69) is 13.5 Å². The molecule has 0 unspecified atom stereocenters. The summed E-state index contributed by atoms with van der Waals surface area (Å²) in [5, 5.41) is 0. The molecule has 0 aromatic heterocycles. The standard InChI is InChI=1S/C30H31F3O2/c1-3-5-6-8-22-13-16-26(30(33)29(22)32)21-11-9-20(10-12-21)23-14-15-25(27(31)17-23)24-18-34-28(7-4-2)35-19-24/h3,9-17,24,28H,1,4-8,18-19H2,2H3. The molecule has 5 heteroatoms. The highest BCUT2D eigenvalue weighted by Crippen LogP contribution is 2.32.